The molecule has 1 rings (SSSR count). The van der Waals surface area contributed by atoms with Crippen LogP contribution in [-0.2, 0) is 4.79 Å². The Balaban J connectivity index is 2.35. The molecule has 1 aliphatic rings. The molecule has 0 aromatic heterocycles. The van der Waals surface area contributed by atoms with Crippen molar-refractivity contribution in [1.29, 1.82) is 0 Å². The summed E-state index contributed by atoms with van der Waals surface area (Å²) < 4.78 is 0. The van der Waals surface area contributed by atoms with Crippen LogP contribution in [-0.4, -0.2) is 52.3 Å². The number of carbonyl (C=O) groups is 2. The van der Waals surface area contributed by atoms with Crippen LogP contribution in [0.4, 0.5) is 4.79 Å². The number of hydrogen-bond acceptors (Lipinski definition) is 3. The summed E-state index contributed by atoms with van der Waals surface area (Å²) in [5, 5.41) is 20.4. The lowest BCUT2D eigenvalue weighted by molar-refractivity contribution is -0.137. The van der Waals surface area contributed by atoms with Crippen LogP contribution in [0.5, 0.6) is 0 Å². The van der Waals surface area contributed by atoms with Gasteiger partial charge in [0.25, 0.3) is 0 Å². The molecule has 2 unspecified atom stereocenters. The minimum absolute atomic E-state index is 0.0169. The third-order valence-corrected chi connectivity index (χ3v) is 3.01. The lowest BCUT2D eigenvalue weighted by Gasteiger charge is -2.25. The molecule has 0 spiro atoms. The number of aliphatic carboxylic acids is 1. The van der Waals surface area contributed by atoms with E-state index >= 15 is 0 Å². The van der Waals surface area contributed by atoms with Crippen LogP contribution in [0.1, 0.15) is 32.6 Å². The van der Waals surface area contributed by atoms with Gasteiger partial charge in [-0.3, -0.25) is 4.79 Å². The smallest absolute Gasteiger partial charge is 0.317 e. The third kappa shape index (κ3) is 4.22. The molecule has 2 amide bonds. The molecule has 17 heavy (non-hydrogen) atoms. The zero-order valence-corrected chi connectivity index (χ0v) is 10.1. The summed E-state index contributed by atoms with van der Waals surface area (Å²) in [6.45, 7) is 2.42. The molecular formula is C11H20N2O4. The largest absolute Gasteiger partial charge is 0.481 e. The van der Waals surface area contributed by atoms with Crippen molar-refractivity contribution in [2.24, 2.45) is 0 Å². The van der Waals surface area contributed by atoms with Gasteiger partial charge in [0.1, 0.15) is 0 Å². The normalized spacial score (nSPS) is 21.3. The number of nitrogens with one attached hydrogen (secondary N) is 1. The van der Waals surface area contributed by atoms with Gasteiger partial charge in [0.05, 0.1) is 12.6 Å². The molecule has 98 valence electrons. The molecule has 1 heterocycles. The monoisotopic (exact) mass is 244 g/mol. The number of carbonyl (C=O) groups excluding carboxylic acids is 1. The third-order valence-electron chi connectivity index (χ3n) is 3.01. The highest BCUT2D eigenvalue weighted by atomic mass is 16.4. The second-order valence-electron chi connectivity index (χ2n) is 4.45. The van der Waals surface area contributed by atoms with Crippen LogP contribution in [0.2, 0.25) is 0 Å². The Bertz CT molecular complexity index is 283. The van der Waals surface area contributed by atoms with E-state index in [0.717, 1.165) is 12.8 Å². The minimum atomic E-state index is -0.861. The predicted molar refractivity (Wildman–Crippen MR) is 61.7 cm³/mol. The molecule has 0 aliphatic carbocycles. The molecule has 2 atom stereocenters. The van der Waals surface area contributed by atoms with E-state index in [1.165, 1.54) is 0 Å². The maximum absolute atomic E-state index is 11.8. The van der Waals surface area contributed by atoms with E-state index in [2.05, 4.69) is 5.32 Å². The molecule has 1 aliphatic heterocycles. The molecule has 0 bridgehead atoms. The molecule has 6 nitrogen and oxygen atoms in total. The van der Waals surface area contributed by atoms with Crippen molar-refractivity contribution in [2.75, 3.05) is 13.2 Å². The molecular weight excluding hydrogens is 224 g/mol. The second kappa shape index (κ2) is 6.44. The van der Waals surface area contributed by atoms with E-state index in [4.69, 9.17) is 10.2 Å². The van der Waals surface area contributed by atoms with E-state index < -0.39 is 5.97 Å². The van der Waals surface area contributed by atoms with E-state index in [1.54, 1.807) is 11.8 Å². The Morgan fingerprint density at radius 3 is 2.82 bits per heavy atom. The highest BCUT2D eigenvalue weighted by molar-refractivity contribution is 5.75. The van der Waals surface area contributed by atoms with Crippen molar-refractivity contribution < 1.29 is 19.8 Å². The lowest BCUT2D eigenvalue weighted by atomic mass is 10.2. The summed E-state index contributed by atoms with van der Waals surface area (Å²) in [5.74, 6) is -0.861. The molecule has 1 saturated heterocycles. The number of carboxylic acid groups (broad SMARTS) is 1. The number of aliphatic hydroxyl groups is 1. The zero-order valence-electron chi connectivity index (χ0n) is 10.1. The number of hydrogen-bond donors (Lipinski definition) is 3. The Morgan fingerprint density at radius 1 is 1.53 bits per heavy atom. The number of nitrogens with zero attached hydrogens (tertiary/aromatic N) is 1. The number of likely N-dealkylation sites (tertiary alicyclic amines) is 1. The van der Waals surface area contributed by atoms with Gasteiger partial charge in [0.2, 0.25) is 0 Å². The summed E-state index contributed by atoms with van der Waals surface area (Å²) in [7, 11) is 0. The van der Waals surface area contributed by atoms with Gasteiger partial charge in [-0.1, -0.05) is 0 Å². The van der Waals surface area contributed by atoms with Gasteiger partial charge in [-0.05, 0) is 26.2 Å². The summed E-state index contributed by atoms with van der Waals surface area (Å²) in [6.07, 6.45) is 2.19. The highest BCUT2D eigenvalue weighted by Crippen LogP contribution is 2.16. The number of aliphatic hydroxyl groups excluding tert-OH is 1. The maximum atomic E-state index is 11.8. The average molecular weight is 244 g/mol. The number of rotatable bonds is 5. The topological polar surface area (TPSA) is 89.9 Å². The Morgan fingerprint density at radius 2 is 2.24 bits per heavy atom. The van der Waals surface area contributed by atoms with E-state index in [9.17, 15) is 9.59 Å². The average Bonchev–Trinajstić information content (AvgIpc) is 2.74. The van der Waals surface area contributed by atoms with E-state index in [0.29, 0.717) is 13.0 Å². The van der Waals surface area contributed by atoms with Crippen LogP contribution in [0.3, 0.4) is 0 Å². The highest BCUT2D eigenvalue weighted by Gasteiger charge is 2.28. The van der Waals surface area contributed by atoms with Crippen molar-refractivity contribution in [3.63, 3.8) is 0 Å². The molecule has 1 fully saturated rings. The SMILES string of the molecule is CC(CCC(=O)O)NC(=O)N1CCCC1CO. The molecule has 0 radical (unpaired) electrons. The van der Waals surface area contributed by atoms with Crippen molar-refractivity contribution >= 4 is 12.0 Å². The van der Waals surface area contributed by atoms with Crippen LogP contribution in [0, 0.1) is 0 Å². The fourth-order valence-electron chi connectivity index (χ4n) is 2.00. The second-order valence-corrected chi connectivity index (χ2v) is 4.45. The van der Waals surface area contributed by atoms with Crippen LogP contribution < -0.4 is 5.32 Å². The first-order valence-corrected chi connectivity index (χ1v) is 5.94. The Hall–Kier alpha value is -1.30. The summed E-state index contributed by atoms with van der Waals surface area (Å²) in [5.41, 5.74) is 0. The first-order valence-electron chi connectivity index (χ1n) is 5.94. The standard InChI is InChI=1S/C11H20N2O4/c1-8(4-5-10(15)16)12-11(17)13-6-2-3-9(13)7-14/h8-9,14H,2-7H2,1H3,(H,12,17)(H,15,16). The Labute approximate surface area is 101 Å². The number of amides is 2. The van der Waals surface area contributed by atoms with Crippen molar-refractivity contribution in [1.82, 2.24) is 10.2 Å². The summed E-state index contributed by atoms with van der Waals surface area (Å²) in [4.78, 5) is 23.8. The Kier molecular flexibility index (Phi) is 5.21. The van der Waals surface area contributed by atoms with Crippen LogP contribution >= 0.6 is 0 Å². The lowest BCUT2D eigenvalue weighted by Crippen LogP contribution is -2.47. The first kappa shape index (κ1) is 13.8. The van der Waals surface area contributed by atoms with Gasteiger partial charge in [0, 0.05) is 19.0 Å². The molecule has 0 aromatic carbocycles. The first-order chi connectivity index (χ1) is 8.04. The number of carboxylic acids is 1. The minimum Gasteiger partial charge on any atom is -0.481 e. The zero-order chi connectivity index (χ0) is 12.8. The van der Waals surface area contributed by atoms with Crippen LogP contribution in [0.15, 0.2) is 0 Å². The van der Waals surface area contributed by atoms with Gasteiger partial charge in [-0.25, -0.2) is 4.79 Å². The number of urea groups is 1. The van der Waals surface area contributed by atoms with Gasteiger partial charge in [-0.2, -0.15) is 0 Å². The van der Waals surface area contributed by atoms with Crippen molar-refractivity contribution in [3.8, 4) is 0 Å². The van der Waals surface area contributed by atoms with Gasteiger partial charge in [-0.15, -0.1) is 0 Å². The fraction of sp³-hybridized carbons (Fsp3) is 0.818. The van der Waals surface area contributed by atoms with Gasteiger partial charge >= 0.3 is 12.0 Å². The van der Waals surface area contributed by atoms with Gasteiger partial charge in [0.15, 0.2) is 0 Å². The summed E-state index contributed by atoms with van der Waals surface area (Å²) >= 11 is 0. The van der Waals surface area contributed by atoms with E-state index in [-0.39, 0.29) is 31.1 Å². The summed E-state index contributed by atoms with van der Waals surface area (Å²) in [6, 6.07) is -0.473. The van der Waals surface area contributed by atoms with Gasteiger partial charge < -0.3 is 20.4 Å². The van der Waals surface area contributed by atoms with Crippen molar-refractivity contribution in [3.05, 3.63) is 0 Å². The van der Waals surface area contributed by atoms with Crippen LogP contribution in [0.25, 0.3) is 0 Å². The van der Waals surface area contributed by atoms with E-state index in [1.807, 2.05) is 0 Å². The molecule has 6 heteroatoms. The molecule has 0 saturated carbocycles. The quantitative estimate of drug-likeness (QED) is 0.653. The molecule has 0 aromatic rings. The molecule has 3 N–H and O–H groups in total. The van der Waals surface area contributed by atoms with Crippen molar-refractivity contribution in [2.45, 2.75) is 44.7 Å². The predicted octanol–water partition coefficient (Wildman–Crippen LogP) is 0.406. The fourth-order valence-corrected chi connectivity index (χ4v) is 2.00. The maximum Gasteiger partial charge on any atom is 0.317 e.